The number of aliphatic hydroxyl groups excluding tert-OH is 1. The van der Waals surface area contributed by atoms with Gasteiger partial charge in [-0.25, -0.2) is 8.42 Å². The molecule has 1 aromatic carbocycles. The second-order valence-corrected chi connectivity index (χ2v) is 10.9. The number of sulfonamides is 1. The summed E-state index contributed by atoms with van der Waals surface area (Å²) in [5.41, 5.74) is 0.669. The molecule has 0 saturated carbocycles. The maximum absolute atomic E-state index is 13.3. The Labute approximate surface area is 205 Å². The predicted molar refractivity (Wildman–Crippen MR) is 126 cm³/mol. The van der Waals surface area contributed by atoms with Gasteiger partial charge in [0.2, 0.25) is 15.9 Å². The molecule has 1 aliphatic rings. The molecule has 1 amide bonds. The van der Waals surface area contributed by atoms with Crippen LogP contribution >= 0.6 is 0 Å². The highest BCUT2D eigenvalue weighted by Gasteiger charge is 2.31. The standard InChI is InChI=1S/C23H32N6O5S/c1-17-12-29(18(2)15-30)23(31)9-6-10-28-13-20(25-26-28)16-34-21(17)14-27(3)35(32,33)22-8-5-4-7-19(22)11-24/h4-5,7-8,13,17-18,21,30H,6,9-10,12,14-16H2,1-3H3/t17-,18-,21+/m0/s1. The lowest BCUT2D eigenvalue weighted by Crippen LogP contribution is -2.47. The molecule has 35 heavy (non-hydrogen) atoms. The molecule has 1 aliphatic heterocycles. The van der Waals surface area contributed by atoms with E-state index in [1.165, 1.54) is 23.5 Å². The van der Waals surface area contributed by atoms with E-state index in [0.29, 0.717) is 18.7 Å². The average molecular weight is 505 g/mol. The van der Waals surface area contributed by atoms with Crippen molar-refractivity contribution in [2.45, 2.75) is 56.9 Å². The van der Waals surface area contributed by atoms with Gasteiger partial charge in [-0.2, -0.15) is 9.57 Å². The van der Waals surface area contributed by atoms with E-state index >= 15 is 0 Å². The van der Waals surface area contributed by atoms with Gasteiger partial charge in [0, 0.05) is 39.0 Å². The third-order valence-electron chi connectivity index (χ3n) is 6.18. The minimum absolute atomic E-state index is 0.00701. The maximum atomic E-state index is 13.3. The summed E-state index contributed by atoms with van der Waals surface area (Å²) in [6.07, 6.45) is 2.02. The van der Waals surface area contributed by atoms with Gasteiger partial charge < -0.3 is 14.7 Å². The van der Waals surface area contributed by atoms with Crippen LogP contribution in [0.2, 0.25) is 0 Å². The molecule has 3 rings (SSSR count). The van der Waals surface area contributed by atoms with Crippen LogP contribution in [0.4, 0.5) is 0 Å². The summed E-state index contributed by atoms with van der Waals surface area (Å²) in [5, 5.41) is 27.3. The summed E-state index contributed by atoms with van der Waals surface area (Å²) in [6.45, 7) is 4.41. The Balaban J connectivity index is 1.89. The quantitative estimate of drug-likeness (QED) is 0.614. The molecular weight excluding hydrogens is 472 g/mol. The van der Waals surface area contributed by atoms with E-state index in [1.54, 1.807) is 34.8 Å². The lowest BCUT2D eigenvalue weighted by atomic mass is 10.0. The number of ether oxygens (including phenoxy) is 1. The molecular formula is C23H32N6O5S. The van der Waals surface area contributed by atoms with Gasteiger partial charge in [-0.1, -0.05) is 24.3 Å². The first kappa shape index (κ1) is 26.7. The van der Waals surface area contributed by atoms with E-state index in [-0.39, 0.29) is 55.0 Å². The monoisotopic (exact) mass is 504 g/mol. The number of aliphatic hydroxyl groups is 1. The molecule has 11 nitrogen and oxygen atoms in total. The van der Waals surface area contributed by atoms with E-state index in [2.05, 4.69) is 10.3 Å². The van der Waals surface area contributed by atoms with Crippen molar-refractivity contribution >= 4 is 15.9 Å². The molecule has 0 saturated heterocycles. The zero-order valence-corrected chi connectivity index (χ0v) is 21.1. The normalized spacial score (nSPS) is 21.0. The maximum Gasteiger partial charge on any atom is 0.244 e. The highest BCUT2D eigenvalue weighted by molar-refractivity contribution is 7.89. The van der Waals surface area contributed by atoms with Crippen molar-refractivity contribution in [1.82, 2.24) is 24.2 Å². The highest BCUT2D eigenvalue weighted by atomic mass is 32.2. The predicted octanol–water partition coefficient (Wildman–Crippen LogP) is 0.995. The summed E-state index contributed by atoms with van der Waals surface area (Å²) >= 11 is 0. The summed E-state index contributed by atoms with van der Waals surface area (Å²) < 4.78 is 35.5. The summed E-state index contributed by atoms with van der Waals surface area (Å²) in [4.78, 5) is 14.5. The third-order valence-corrected chi connectivity index (χ3v) is 8.06. The summed E-state index contributed by atoms with van der Waals surface area (Å²) in [6, 6.07) is 7.58. The van der Waals surface area contributed by atoms with Crippen molar-refractivity contribution in [1.29, 1.82) is 5.26 Å². The van der Waals surface area contributed by atoms with Crippen LogP contribution in [0.5, 0.6) is 0 Å². The van der Waals surface area contributed by atoms with E-state index in [0.717, 1.165) is 0 Å². The second kappa shape index (κ2) is 11.7. The van der Waals surface area contributed by atoms with Crippen LogP contribution in [0, 0.1) is 17.2 Å². The molecule has 0 spiro atoms. The van der Waals surface area contributed by atoms with Crippen molar-refractivity contribution < 1.29 is 23.1 Å². The van der Waals surface area contributed by atoms with Gasteiger partial charge in [0.1, 0.15) is 11.8 Å². The number of hydrogen-bond donors (Lipinski definition) is 1. The van der Waals surface area contributed by atoms with Gasteiger partial charge in [0.15, 0.2) is 0 Å². The van der Waals surface area contributed by atoms with Gasteiger partial charge in [-0.3, -0.25) is 9.48 Å². The molecule has 0 fully saturated rings. The molecule has 190 valence electrons. The van der Waals surface area contributed by atoms with Crippen LogP contribution in [-0.4, -0.2) is 82.5 Å². The number of aromatic nitrogens is 3. The molecule has 3 atom stereocenters. The Bertz CT molecular complexity index is 1160. The molecule has 1 aromatic heterocycles. The Hall–Kier alpha value is -2.85. The van der Waals surface area contributed by atoms with Gasteiger partial charge >= 0.3 is 0 Å². The van der Waals surface area contributed by atoms with Crippen molar-refractivity contribution in [3.05, 3.63) is 41.7 Å². The third kappa shape index (κ3) is 6.43. The molecule has 0 aliphatic carbocycles. The topological polar surface area (TPSA) is 142 Å². The molecule has 0 radical (unpaired) electrons. The number of rotatable bonds is 6. The average Bonchev–Trinajstić information content (AvgIpc) is 3.31. The van der Waals surface area contributed by atoms with Crippen LogP contribution < -0.4 is 0 Å². The number of carbonyl (C=O) groups excluding carboxylic acids is 1. The van der Waals surface area contributed by atoms with Crippen LogP contribution in [-0.2, 0) is 32.7 Å². The minimum atomic E-state index is -3.97. The molecule has 12 heteroatoms. The van der Waals surface area contributed by atoms with E-state index < -0.39 is 22.2 Å². The molecule has 1 N–H and O–H groups in total. The number of likely N-dealkylation sites (N-methyl/N-ethyl adjacent to an activating group) is 1. The van der Waals surface area contributed by atoms with Gasteiger partial charge in [0.25, 0.3) is 0 Å². The van der Waals surface area contributed by atoms with Crippen molar-refractivity contribution in [3.8, 4) is 6.07 Å². The number of amides is 1. The lowest BCUT2D eigenvalue weighted by Gasteiger charge is -2.35. The minimum Gasteiger partial charge on any atom is -0.394 e. The Morgan fingerprint density at radius 2 is 2.11 bits per heavy atom. The summed E-state index contributed by atoms with van der Waals surface area (Å²) in [7, 11) is -2.53. The van der Waals surface area contributed by atoms with Crippen LogP contribution in [0.3, 0.4) is 0 Å². The van der Waals surface area contributed by atoms with Crippen LogP contribution in [0.25, 0.3) is 0 Å². The Kier molecular flexibility index (Phi) is 8.96. The fourth-order valence-corrected chi connectivity index (χ4v) is 5.32. The SMILES string of the molecule is C[C@H]1CN([C@@H](C)CO)C(=O)CCCn2cc(nn2)CO[C@@H]1CN(C)S(=O)(=O)c1ccccc1C#N. The Morgan fingerprint density at radius 1 is 1.37 bits per heavy atom. The zero-order valence-electron chi connectivity index (χ0n) is 20.2. The van der Waals surface area contributed by atoms with Crippen LogP contribution in [0.15, 0.2) is 35.4 Å². The zero-order chi connectivity index (χ0) is 25.6. The number of nitrogens with zero attached hydrogens (tertiary/aromatic N) is 6. The number of benzene rings is 1. The molecule has 2 heterocycles. The first-order valence-electron chi connectivity index (χ1n) is 11.5. The summed E-state index contributed by atoms with van der Waals surface area (Å²) in [5.74, 6) is -0.367. The fourth-order valence-electron chi connectivity index (χ4n) is 4.00. The number of aryl methyl sites for hydroxylation is 1. The smallest absolute Gasteiger partial charge is 0.244 e. The van der Waals surface area contributed by atoms with Gasteiger partial charge in [0.05, 0.1) is 42.0 Å². The van der Waals surface area contributed by atoms with Crippen molar-refractivity contribution in [2.75, 3.05) is 26.7 Å². The highest BCUT2D eigenvalue weighted by Crippen LogP contribution is 2.22. The van der Waals surface area contributed by atoms with E-state index in [4.69, 9.17) is 4.74 Å². The van der Waals surface area contributed by atoms with Crippen molar-refractivity contribution in [3.63, 3.8) is 0 Å². The fraction of sp³-hybridized carbons (Fsp3) is 0.565. The first-order valence-corrected chi connectivity index (χ1v) is 13.0. The lowest BCUT2D eigenvalue weighted by molar-refractivity contribution is -0.136. The van der Waals surface area contributed by atoms with Gasteiger partial charge in [-0.15, -0.1) is 5.10 Å². The molecule has 2 aromatic rings. The van der Waals surface area contributed by atoms with E-state index in [1.807, 2.05) is 13.0 Å². The number of hydrogen-bond acceptors (Lipinski definition) is 8. The second-order valence-electron chi connectivity index (χ2n) is 8.87. The largest absolute Gasteiger partial charge is 0.394 e. The molecule has 0 unspecified atom stereocenters. The number of fused-ring (bicyclic) bond motifs is 2. The van der Waals surface area contributed by atoms with Gasteiger partial charge in [-0.05, 0) is 25.5 Å². The van der Waals surface area contributed by atoms with Crippen LogP contribution in [0.1, 0.15) is 37.9 Å². The van der Waals surface area contributed by atoms with Crippen molar-refractivity contribution in [2.24, 2.45) is 5.92 Å². The first-order chi connectivity index (χ1) is 16.7. The van der Waals surface area contributed by atoms with E-state index in [9.17, 15) is 23.6 Å². The Morgan fingerprint density at radius 3 is 2.83 bits per heavy atom. The number of nitriles is 1. The number of carbonyl (C=O) groups is 1. The molecule has 2 bridgehead atoms.